The summed E-state index contributed by atoms with van der Waals surface area (Å²) in [4.78, 5) is 42.7. The molecule has 4 aromatic carbocycles. The average molecular weight is 633 g/mol. The van der Waals surface area contributed by atoms with Crippen LogP contribution < -0.4 is 5.32 Å². The lowest BCUT2D eigenvalue weighted by Gasteiger charge is -2.21. The monoisotopic (exact) mass is 632 g/mol. The lowest BCUT2D eigenvalue weighted by Crippen LogP contribution is -2.35. The van der Waals surface area contributed by atoms with Gasteiger partial charge in [0.05, 0.1) is 0 Å². The molecule has 0 radical (unpaired) electrons. The Kier molecular flexibility index (Phi) is 11.8. The highest BCUT2D eigenvalue weighted by atomic mass is 16.5. The van der Waals surface area contributed by atoms with Crippen molar-refractivity contribution >= 4 is 23.5 Å². The van der Waals surface area contributed by atoms with Crippen molar-refractivity contribution in [3.63, 3.8) is 0 Å². The number of carboxylic acid groups (broad SMARTS) is 1. The lowest BCUT2D eigenvalue weighted by atomic mass is 10.0. The maximum Gasteiger partial charge on any atom is 0.323 e. The molecule has 0 atom stereocenters. The van der Waals surface area contributed by atoms with E-state index in [4.69, 9.17) is 4.52 Å². The van der Waals surface area contributed by atoms with Crippen molar-refractivity contribution in [1.29, 1.82) is 0 Å². The molecule has 9 nitrogen and oxygen atoms in total. The molecule has 0 saturated carbocycles. The molecule has 0 saturated heterocycles. The molecule has 0 aliphatic heterocycles. The summed E-state index contributed by atoms with van der Waals surface area (Å²) in [5.74, 6) is -0.625. The van der Waals surface area contributed by atoms with Gasteiger partial charge in [-0.25, -0.2) is 0 Å². The predicted octanol–water partition coefficient (Wildman–Crippen LogP) is 8.12. The summed E-state index contributed by atoms with van der Waals surface area (Å²) < 4.78 is 5.53. The Morgan fingerprint density at radius 1 is 0.787 bits per heavy atom. The van der Waals surface area contributed by atoms with E-state index in [1.807, 2.05) is 64.1 Å². The Labute approximate surface area is 275 Å². The third-order valence-corrected chi connectivity index (χ3v) is 7.15. The number of aromatic nitrogens is 2. The molecule has 0 spiro atoms. The summed E-state index contributed by atoms with van der Waals surface area (Å²) in [5.41, 5.74) is 6.57. The van der Waals surface area contributed by atoms with E-state index in [9.17, 15) is 19.5 Å². The molecule has 0 aliphatic carbocycles. The van der Waals surface area contributed by atoms with E-state index < -0.39 is 18.4 Å². The molecule has 0 aliphatic rings. The normalized spacial score (nSPS) is 10.6. The van der Waals surface area contributed by atoms with E-state index in [0.717, 1.165) is 27.8 Å². The van der Waals surface area contributed by atoms with Crippen LogP contribution in [-0.2, 0) is 16.1 Å². The summed E-state index contributed by atoms with van der Waals surface area (Å²) in [6.07, 6.45) is 0.391. The number of carbonyl (C=O) groups excluding carboxylic acids is 2. The topological polar surface area (TPSA) is 126 Å². The Balaban J connectivity index is 0.00000245. The van der Waals surface area contributed by atoms with Gasteiger partial charge < -0.3 is 19.8 Å². The van der Waals surface area contributed by atoms with Gasteiger partial charge in [0.25, 0.3) is 11.8 Å². The Morgan fingerprint density at radius 3 is 1.91 bits per heavy atom. The first-order valence-electron chi connectivity index (χ1n) is 15.7. The second kappa shape index (κ2) is 16.1. The summed E-state index contributed by atoms with van der Waals surface area (Å²) in [6.45, 7) is 9.60. The van der Waals surface area contributed by atoms with Gasteiger partial charge in [0, 0.05) is 35.3 Å². The van der Waals surface area contributed by atoms with Crippen molar-refractivity contribution in [2.24, 2.45) is 5.92 Å². The first kappa shape index (κ1) is 34.3. The number of aliphatic carboxylic acids is 1. The molecule has 0 fully saturated rings. The van der Waals surface area contributed by atoms with Gasteiger partial charge in [-0.2, -0.15) is 4.98 Å². The summed E-state index contributed by atoms with van der Waals surface area (Å²) in [5, 5.41) is 16.4. The molecular formula is C38H40N4O5. The third-order valence-electron chi connectivity index (χ3n) is 7.15. The maximum absolute atomic E-state index is 13.2. The van der Waals surface area contributed by atoms with Gasteiger partial charge in [0.2, 0.25) is 11.7 Å². The van der Waals surface area contributed by atoms with Crippen molar-refractivity contribution in [3.8, 4) is 34.0 Å². The fourth-order valence-electron chi connectivity index (χ4n) is 4.81. The molecule has 0 unspecified atom stereocenters. The van der Waals surface area contributed by atoms with Crippen LogP contribution in [0.3, 0.4) is 0 Å². The van der Waals surface area contributed by atoms with Crippen LogP contribution in [0.15, 0.2) is 102 Å². The van der Waals surface area contributed by atoms with Crippen LogP contribution in [0.1, 0.15) is 55.6 Å². The van der Waals surface area contributed by atoms with Gasteiger partial charge in [0.1, 0.15) is 6.54 Å². The number of nitrogens with zero attached hydrogens (tertiary/aromatic N) is 3. The van der Waals surface area contributed by atoms with Crippen LogP contribution in [0.2, 0.25) is 0 Å². The summed E-state index contributed by atoms with van der Waals surface area (Å²) in [7, 11) is 0. The molecule has 9 heteroatoms. The standard InChI is InChI=1S/C36H34N4O5.C2H6/c1-23(2)20-32(41)37-31-18-16-30(17-19-31)36(44)40(22-33(42)43)21-25-6-10-28(11-7-25)34-38-35(45-39-34)29-14-12-27(13-15-29)26-8-4-24(3)5-9-26;1-2/h4-19,23H,20-22H2,1-3H3,(H,37,41)(H,42,43);1-2H3. The molecule has 5 aromatic rings. The molecule has 47 heavy (non-hydrogen) atoms. The fourth-order valence-corrected chi connectivity index (χ4v) is 4.81. The third kappa shape index (κ3) is 9.46. The van der Waals surface area contributed by atoms with Crippen LogP contribution in [0.5, 0.6) is 0 Å². The average Bonchev–Trinajstić information content (AvgIpc) is 3.56. The number of nitrogens with one attached hydrogen (secondary N) is 1. The van der Waals surface area contributed by atoms with E-state index in [1.165, 1.54) is 10.5 Å². The molecule has 5 rings (SSSR count). The van der Waals surface area contributed by atoms with Gasteiger partial charge in [-0.15, -0.1) is 0 Å². The zero-order valence-electron chi connectivity index (χ0n) is 27.4. The van der Waals surface area contributed by atoms with Crippen LogP contribution in [-0.4, -0.2) is 44.5 Å². The van der Waals surface area contributed by atoms with Crippen LogP contribution >= 0.6 is 0 Å². The second-order valence-electron chi connectivity index (χ2n) is 11.3. The van der Waals surface area contributed by atoms with E-state index in [0.29, 0.717) is 29.4 Å². The van der Waals surface area contributed by atoms with E-state index in [2.05, 4.69) is 46.6 Å². The van der Waals surface area contributed by atoms with Crippen molar-refractivity contribution in [2.45, 2.75) is 47.6 Å². The summed E-state index contributed by atoms with van der Waals surface area (Å²) in [6, 6.07) is 29.9. The van der Waals surface area contributed by atoms with Crippen molar-refractivity contribution in [1.82, 2.24) is 15.0 Å². The number of hydrogen-bond acceptors (Lipinski definition) is 6. The summed E-state index contributed by atoms with van der Waals surface area (Å²) >= 11 is 0. The smallest absolute Gasteiger partial charge is 0.323 e. The highest BCUT2D eigenvalue weighted by Crippen LogP contribution is 2.26. The molecule has 2 N–H and O–H groups in total. The van der Waals surface area contributed by atoms with Crippen LogP contribution in [0.4, 0.5) is 5.69 Å². The van der Waals surface area contributed by atoms with Gasteiger partial charge in [0.15, 0.2) is 0 Å². The van der Waals surface area contributed by atoms with Crippen molar-refractivity contribution in [3.05, 3.63) is 114 Å². The van der Waals surface area contributed by atoms with E-state index >= 15 is 0 Å². The molecule has 2 amide bonds. The first-order valence-corrected chi connectivity index (χ1v) is 15.7. The van der Waals surface area contributed by atoms with Gasteiger partial charge in [-0.1, -0.05) is 99.1 Å². The minimum Gasteiger partial charge on any atom is -0.480 e. The fraction of sp³-hybridized carbons (Fsp3) is 0.237. The van der Waals surface area contributed by atoms with E-state index in [-0.39, 0.29) is 18.4 Å². The highest BCUT2D eigenvalue weighted by molar-refractivity contribution is 5.97. The first-order chi connectivity index (χ1) is 22.6. The minimum atomic E-state index is -1.12. The Morgan fingerprint density at radius 2 is 1.34 bits per heavy atom. The lowest BCUT2D eigenvalue weighted by molar-refractivity contribution is -0.137. The molecule has 1 heterocycles. The van der Waals surface area contributed by atoms with Crippen molar-refractivity contribution in [2.75, 3.05) is 11.9 Å². The Bertz CT molecular complexity index is 1780. The number of amides is 2. The molecule has 0 bridgehead atoms. The quantitative estimate of drug-likeness (QED) is 0.151. The SMILES string of the molecule is CC.Cc1ccc(-c2ccc(-c3nc(-c4ccc(CN(CC(=O)O)C(=O)c5ccc(NC(=O)CC(C)C)cc5)cc4)no3)cc2)cc1. The van der Waals surface area contributed by atoms with Gasteiger partial charge in [-0.05, 0) is 65.9 Å². The molecule has 1 aromatic heterocycles. The van der Waals surface area contributed by atoms with Crippen LogP contribution in [0.25, 0.3) is 34.0 Å². The van der Waals surface area contributed by atoms with Gasteiger partial charge >= 0.3 is 5.97 Å². The highest BCUT2D eigenvalue weighted by Gasteiger charge is 2.20. The number of rotatable bonds is 11. The Hall–Kier alpha value is -5.57. The zero-order chi connectivity index (χ0) is 33.9. The van der Waals surface area contributed by atoms with Gasteiger partial charge in [-0.3, -0.25) is 14.4 Å². The van der Waals surface area contributed by atoms with Crippen LogP contribution in [0, 0.1) is 12.8 Å². The number of aryl methyl sites for hydroxylation is 1. The number of carbonyl (C=O) groups is 3. The van der Waals surface area contributed by atoms with Crippen molar-refractivity contribution < 1.29 is 24.0 Å². The number of carboxylic acids is 1. The zero-order valence-corrected chi connectivity index (χ0v) is 27.4. The number of benzene rings is 4. The van der Waals surface area contributed by atoms with E-state index in [1.54, 1.807) is 36.4 Å². The second-order valence-corrected chi connectivity index (χ2v) is 11.3. The minimum absolute atomic E-state index is 0.0864. The molecule has 242 valence electrons. The number of anilines is 1. The predicted molar refractivity (Wildman–Crippen MR) is 184 cm³/mol. The number of hydrogen-bond donors (Lipinski definition) is 2. The maximum atomic E-state index is 13.2. The largest absolute Gasteiger partial charge is 0.480 e. The molecular weight excluding hydrogens is 592 g/mol.